The van der Waals surface area contributed by atoms with Crippen LogP contribution in [0, 0.1) is 19.7 Å². The number of amides is 2. The van der Waals surface area contributed by atoms with Crippen molar-refractivity contribution in [3.8, 4) is 11.5 Å². The lowest BCUT2D eigenvalue weighted by atomic mass is 10.1. The fourth-order valence-electron chi connectivity index (χ4n) is 3.19. The molecule has 8 heteroatoms. The highest BCUT2D eigenvalue weighted by molar-refractivity contribution is 6.39. The van der Waals surface area contributed by atoms with E-state index in [1.807, 2.05) is 26.8 Å². The quantitative estimate of drug-likeness (QED) is 0.292. The third-order valence-electron chi connectivity index (χ3n) is 4.64. The van der Waals surface area contributed by atoms with Gasteiger partial charge in [0.15, 0.2) is 11.5 Å². The molecule has 0 unspecified atom stereocenters. The number of hydrogen-bond donors (Lipinski definition) is 2. The van der Waals surface area contributed by atoms with Crippen LogP contribution >= 0.6 is 0 Å². The molecule has 0 aliphatic carbocycles. The van der Waals surface area contributed by atoms with Crippen molar-refractivity contribution in [2.45, 2.75) is 27.4 Å². The summed E-state index contributed by atoms with van der Waals surface area (Å²) in [4.78, 5) is 24.2. The van der Waals surface area contributed by atoms with E-state index in [1.54, 1.807) is 42.5 Å². The van der Waals surface area contributed by atoms with Crippen LogP contribution in [-0.4, -0.2) is 24.6 Å². The van der Waals surface area contributed by atoms with Crippen molar-refractivity contribution in [1.29, 1.82) is 0 Å². The highest BCUT2D eigenvalue weighted by Crippen LogP contribution is 2.29. The van der Waals surface area contributed by atoms with E-state index in [2.05, 4.69) is 15.8 Å². The number of benzene rings is 3. The molecule has 0 bridgehead atoms. The zero-order chi connectivity index (χ0) is 24.5. The Balaban J connectivity index is 1.59. The monoisotopic (exact) mass is 463 g/mol. The normalized spacial score (nSPS) is 10.7. The fourth-order valence-corrected chi connectivity index (χ4v) is 3.19. The molecular weight excluding hydrogens is 437 g/mol. The molecule has 7 nitrogen and oxygen atoms in total. The van der Waals surface area contributed by atoms with Crippen molar-refractivity contribution >= 4 is 23.7 Å². The molecule has 3 aromatic carbocycles. The average molecular weight is 464 g/mol. The minimum Gasteiger partial charge on any atom is -0.490 e. The number of carbonyl (C=O) groups excluding carboxylic acids is 2. The van der Waals surface area contributed by atoms with Gasteiger partial charge >= 0.3 is 11.8 Å². The zero-order valence-corrected chi connectivity index (χ0v) is 19.2. The van der Waals surface area contributed by atoms with Gasteiger partial charge in [0, 0.05) is 5.69 Å². The highest BCUT2D eigenvalue weighted by Gasteiger charge is 2.13. The van der Waals surface area contributed by atoms with Gasteiger partial charge in [0.2, 0.25) is 0 Å². The van der Waals surface area contributed by atoms with E-state index in [0.717, 1.165) is 16.7 Å². The maximum atomic E-state index is 13.1. The van der Waals surface area contributed by atoms with Gasteiger partial charge in [-0.15, -0.1) is 0 Å². The van der Waals surface area contributed by atoms with Gasteiger partial charge in [0.1, 0.15) is 12.4 Å². The molecule has 176 valence electrons. The van der Waals surface area contributed by atoms with Crippen LogP contribution in [-0.2, 0) is 16.2 Å². The number of hydrazone groups is 1. The summed E-state index contributed by atoms with van der Waals surface area (Å²) >= 11 is 0. The summed E-state index contributed by atoms with van der Waals surface area (Å²) in [6.45, 7) is 6.33. The van der Waals surface area contributed by atoms with Crippen molar-refractivity contribution in [2.75, 3.05) is 11.9 Å². The Morgan fingerprint density at radius 2 is 1.62 bits per heavy atom. The van der Waals surface area contributed by atoms with E-state index < -0.39 is 11.8 Å². The van der Waals surface area contributed by atoms with Crippen molar-refractivity contribution < 1.29 is 23.5 Å². The Hall–Kier alpha value is -4.20. The highest BCUT2D eigenvalue weighted by atomic mass is 19.1. The predicted octanol–water partition coefficient (Wildman–Crippen LogP) is 4.51. The van der Waals surface area contributed by atoms with Crippen LogP contribution in [0.25, 0.3) is 0 Å². The largest absolute Gasteiger partial charge is 0.490 e. The van der Waals surface area contributed by atoms with Gasteiger partial charge in [-0.2, -0.15) is 5.10 Å². The van der Waals surface area contributed by atoms with E-state index in [0.29, 0.717) is 29.4 Å². The Morgan fingerprint density at radius 1 is 0.912 bits per heavy atom. The molecule has 3 aromatic rings. The Labute approximate surface area is 197 Å². The first-order valence-electron chi connectivity index (χ1n) is 10.7. The Kier molecular flexibility index (Phi) is 8.34. The number of halogens is 1. The molecule has 2 amide bonds. The molecule has 34 heavy (non-hydrogen) atoms. The van der Waals surface area contributed by atoms with Crippen LogP contribution in [0.2, 0.25) is 0 Å². The van der Waals surface area contributed by atoms with Crippen LogP contribution in [0.15, 0.2) is 65.8 Å². The second-order valence-electron chi connectivity index (χ2n) is 7.58. The number of anilines is 1. The summed E-state index contributed by atoms with van der Waals surface area (Å²) in [6.07, 6.45) is 1.40. The third-order valence-corrected chi connectivity index (χ3v) is 4.64. The molecular formula is C26H26FN3O4. The smallest absolute Gasteiger partial charge is 0.329 e. The lowest BCUT2D eigenvalue weighted by Crippen LogP contribution is -2.32. The third kappa shape index (κ3) is 7.16. The molecule has 0 aliphatic heterocycles. The van der Waals surface area contributed by atoms with E-state index >= 15 is 0 Å². The van der Waals surface area contributed by atoms with Crippen LogP contribution in [0.4, 0.5) is 10.1 Å². The molecule has 3 rings (SSSR count). The summed E-state index contributed by atoms with van der Waals surface area (Å²) in [6, 6.07) is 16.7. The molecule has 0 aliphatic rings. The first-order chi connectivity index (χ1) is 16.3. The van der Waals surface area contributed by atoms with Crippen molar-refractivity contribution in [1.82, 2.24) is 5.43 Å². The van der Waals surface area contributed by atoms with Crippen LogP contribution in [0.5, 0.6) is 11.5 Å². The van der Waals surface area contributed by atoms with Gasteiger partial charge in [0.25, 0.3) is 0 Å². The number of aryl methyl sites for hydroxylation is 2. The van der Waals surface area contributed by atoms with E-state index in [4.69, 9.17) is 9.47 Å². The Morgan fingerprint density at radius 3 is 2.29 bits per heavy atom. The molecule has 0 fully saturated rings. The summed E-state index contributed by atoms with van der Waals surface area (Å²) in [5.41, 5.74) is 6.15. The maximum Gasteiger partial charge on any atom is 0.329 e. The standard InChI is InChI=1S/C26H26FN3O4/c1-4-33-24-14-20(7-10-23(24)34-16-19-5-8-21(27)9-6-19)15-28-30-26(32)25(31)29-22-12-17(2)11-18(3)13-22/h5-15H,4,16H2,1-3H3,(H,29,31)(H,30,32)/b28-15+. The molecule has 0 heterocycles. The van der Waals surface area contributed by atoms with E-state index in [1.165, 1.54) is 18.3 Å². The minimum atomic E-state index is -0.889. The molecule has 0 saturated carbocycles. The van der Waals surface area contributed by atoms with Crippen molar-refractivity contribution in [3.05, 3.63) is 88.7 Å². The zero-order valence-electron chi connectivity index (χ0n) is 19.2. The second kappa shape index (κ2) is 11.6. The summed E-state index contributed by atoms with van der Waals surface area (Å²) < 4.78 is 24.5. The van der Waals surface area contributed by atoms with Gasteiger partial charge in [0.05, 0.1) is 12.8 Å². The van der Waals surface area contributed by atoms with Gasteiger partial charge in [-0.1, -0.05) is 18.2 Å². The van der Waals surface area contributed by atoms with Crippen LogP contribution in [0.3, 0.4) is 0 Å². The number of ether oxygens (including phenoxy) is 2. The molecule has 0 aromatic heterocycles. The maximum absolute atomic E-state index is 13.1. The lowest BCUT2D eigenvalue weighted by molar-refractivity contribution is -0.136. The fraction of sp³-hybridized carbons (Fsp3) is 0.192. The van der Waals surface area contributed by atoms with Gasteiger partial charge < -0.3 is 14.8 Å². The molecule has 0 spiro atoms. The number of nitrogens with zero attached hydrogens (tertiary/aromatic N) is 1. The van der Waals surface area contributed by atoms with Crippen molar-refractivity contribution in [3.63, 3.8) is 0 Å². The predicted molar refractivity (Wildman–Crippen MR) is 129 cm³/mol. The van der Waals surface area contributed by atoms with Gasteiger partial charge in [-0.05, 0) is 85.5 Å². The lowest BCUT2D eigenvalue weighted by Gasteiger charge is -2.12. The minimum absolute atomic E-state index is 0.249. The molecule has 0 atom stereocenters. The second-order valence-corrected chi connectivity index (χ2v) is 7.58. The van der Waals surface area contributed by atoms with Crippen LogP contribution in [0.1, 0.15) is 29.2 Å². The topological polar surface area (TPSA) is 89.0 Å². The summed E-state index contributed by atoms with van der Waals surface area (Å²) in [5.74, 6) is -1.01. The number of hydrogen-bond acceptors (Lipinski definition) is 5. The van der Waals surface area contributed by atoms with Gasteiger partial charge in [-0.3, -0.25) is 9.59 Å². The van der Waals surface area contributed by atoms with E-state index in [-0.39, 0.29) is 12.4 Å². The SMILES string of the molecule is CCOc1cc(/C=N/NC(=O)C(=O)Nc2cc(C)cc(C)c2)ccc1OCc1ccc(F)cc1. The number of carbonyl (C=O) groups is 2. The van der Waals surface area contributed by atoms with E-state index in [9.17, 15) is 14.0 Å². The van der Waals surface area contributed by atoms with Gasteiger partial charge in [-0.25, -0.2) is 9.82 Å². The molecule has 0 saturated heterocycles. The molecule has 0 radical (unpaired) electrons. The summed E-state index contributed by atoms with van der Waals surface area (Å²) in [7, 11) is 0. The van der Waals surface area contributed by atoms with Crippen molar-refractivity contribution in [2.24, 2.45) is 5.10 Å². The first-order valence-corrected chi connectivity index (χ1v) is 10.7. The summed E-state index contributed by atoms with van der Waals surface area (Å²) in [5, 5.41) is 6.41. The average Bonchev–Trinajstić information content (AvgIpc) is 2.79. The molecule has 2 N–H and O–H groups in total. The number of nitrogens with one attached hydrogen (secondary N) is 2. The Bertz CT molecular complexity index is 1170. The van der Waals surface area contributed by atoms with Crippen LogP contribution < -0.4 is 20.2 Å². The number of rotatable bonds is 8. The first kappa shape index (κ1) is 24.4.